The number of likely N-dealkylation sites (tertiary alicyclic amines) is 1. The summed E-state index contributed by atoms with van der Waals surface area (Å²) in [6.45, 7) is 5.58. The predicted octanol–water partition coefficient (Wildman–Crippen LogP) is 5.94. The SMILES string of the molecule is CSC1CC(=O)N(CCCCCC(=O)C[C@H](C(=O)N[C@@H](C)C(=O)Cc2ccc(C(=O)CCCC[C@H](NC(=O)c3ccc(CCc4ccc5nc(N)nc(N)c5c4Cl)cc3)C(=O)O)c(-c3nn[nH]n3)c2)C(C)C)C1=O. The van der Waals surface area contributed by atoms with Crippen LogP contribution >= 0.6 is 23.4 Å². The quantitative estimate of drug-likeness (QED) is 0.0192. The fourth-order valence-electron chi connectivity index (χ4n) is 8.82. The van der Waals surface area contributed by atoms with Crippen molar-refractivity contribution in [3.63, 3.8) is 0 Å². The van der Waals surface area contributed by atoms with Crippen LogP contribution < -0.4 is 22.1 Å². The van der Waals surface area contributed by atoms with Crippen molar-refractivity contribution in [2.45, 2.75) is 122 Å². The van der Waals surface area contributed by atoms with Crippen LogP contribution in [0.1, 0.15) is 122 Å². The minimum atomic E-state index is -1.21. The Kier molecular flexibility index (Phi) is 19.9. The van der Waals surface area contributed by atoms with Gasteiger partial charge in [-0.1, -0.05) is 68.6 Å². The van der Waals surface area contributed by atoms with E-state index < -0.39 is 35.8 Å². The number of Topliss-reactive ketones (excluding diaryl/α,β-unsaturated/α-hetero) is 3. The number of thioether (sulfide) groups is 1. The molecule has 2 aromatic heterocycles. The fraction of sp³-hybridized carbons (Fsp3) is 0.442. The Morgan fingerprint density at radius 2 is 1.62 bits per heavy atom. The molecule has 1 aliphatic heterocycles. The number of imide groups is 1. The standard InChI is InChI=1S/C52H62ClN11O9S/c1-28(2)36(26-34(65)10-6-5-9-23-64-43(68)27-42(74-4)50(64)71)49(70)56-29(3)41(67)25-31-16-21-35(37(24-31)47-60-62-63-61-47)40(66)12-8-7-11-39(51(72)73)57-48(69)33-18-14-30(15-19-33)13-17-32-20-22-38-44(45(32)53)46(54)59-52(55)58-38/h14-16,18-22,24,28-29,36,39,42H,5-13,17,23,25-27H2,1-4H3,(H,56,70)(H,57,69)(H,72,73)(H4,54,55,58,59)(H,60,61,62,63)/t29-,36-,39-,42?/m0/s1. The zero-order chi connectivity index (χ0) is 53.6. The van der Waals surface area contributed by atoms with Crippen LogP contribution in [0.4, 0.5) is 11.8 Å². The molecule has 22 heteroatoms. The average Bonchev–Trinajstić information content (AvgIpc) is 4.00. The number of hydrogen-bond donors (Lipinski definition) is 6. The summed E-state index contributed by atoms with van der Waals surface area (Å²) in [5.74, 6) is -3.66. The number of hydrogen-bond acceptors (Lipinski definition) is 16. The van der Waals surface area contributed by atoms with Gasteiger partial charge in [-0.05, 0) is 104 Å². The molecule has 6 rings (SSSR count). The lowest BCUT2D eigenvalue weighted by molar-refractivity contribution is -0.140. The van der Waals surface area contributed by atoms with Crippen LogP contribution in [-0.4, -0.2) is 118 Å². The molecule has 3 heterocycles. The smallest absolute Gasteiger partial charge is 0.326 e. The Bertz CT molecular complexity index is 2880. The third-order valence-electron chi connectivity index (χ3n) is 13.2. The number of ketones is 3. The molecule has 3 aromatic carbocycles. The number of aryl methyl sites for hydroxylation is 2. The largest absolute Gasteiger partial charge is 0.480 e. The monoisotopic (exact) mass is 1050 g/mol. The van der Waals surface area contributed by atoms with Gasteiger partial charge < -0.3 is 27.2 Å². The number of carboxylic acids is 1. The first-order valence-electron chi connectivity index (χ1n) is 24.6. The van der Waals surface area contributed by atoms with Gasteiger partial charge in [0.2, 0.25) is 29.5 Å². The molecule has 5 aromatic rings. The molecule has 20 nitrogen and oxygen atoms in total. The van der Waals surface area contributed by atoms with Gasteiger partial charge in [0.05, 0.1) is 27.2 Å². The molecule has 1 unspecified atom stereocenters. The number of anilines is 2. The molecule has 0 aliphatic carbocycles. The van der Waals surface area contributed by atoms with Crippen molar-refractivity contribution in [3.8, 4) is 11.4 Å². The molecule has 392 valence electrons. The number of carbonyl (C=O) groups excluding carboxylic acids is 7. The number of carboxylic acid groups (broad SMARTS) is 1. The second-order valence-corrected chi connectivity index (χ2v) is 20.3. The van der Waals surface area contributed by atoms with E-state index in [1.165, 1.54) is 16.7 Å². The van der Waals surface area contributed by atoms with Gasteiger partial charge in [0, 0.05) is 61.3 Å². The van der Waals surface area contributed by atoms with Crippen LogP contribution in [0.25, 0.3) is 22.3 Å². The topological polar surface area (TPSA) is 316 Å². The number of halogens is 1. The lowest BCUT2D eigenvalue weighted by Crippen LogP contribution is -2.44. The highest BCUT2D eigenvalue weighted by Gasteiger charge is 2.37. The first-order valence-corrected chi connectivity index (χ1v) is 26.3. The molecule has 0 saturated carbocycles. The summed E-state index contributed by atoms with van der Waals surface area (Å²) < 4.78 is 0. The summed E-state index contributed by atoms with van der Waals surface area (Å²) in [5, 5.41) is 30.1. The van der Waals surface area contributed by atoms with Crippen molar-refractivity contribution in [1.29, 1.82) is 0 Å². The molecule has 4 amide bonds. The van der Waals surface area contributed by atoms with Crippen molar-refractivity contribution >= 4 is 93.0 Å². The summed E-state index contributed by atoms with van der Waals surface area (Å²) in [5.41, 5.74) is 15.5. The second-order valence-electron chi connectivity index (χ2n) is 18.8. The average molecular weight is 1050 g/mol. The Balaban J connectivity index is 0.952. The number of aromatic amines is 1. The molecule has 1 fully saturated rings. The highest BCUT2D eigenvalue weighted by atomic mass is 35.5. The lowest BCUT2D eigenvalue weighted by atomic mass is 9.88. The van der Waals surface area contributed by atoms with Gasteiger partial charge in [-0.15, -0.1) is 10.2 Å². The number of H-pyrrole nitrogens is 1. The number of aliphatic carboxylic acids is 1. The van der Waals surface area contributed by atoms with Crippen molar-refractivity contribution < 1.29 is 43.5 Å². The first kappa shape index (κ1) is 56.2. The van der Waals surface area contributed by atoms with E-state index in [0.29, 0.717) is 78.5 Å². The minimum absolute atomic E-state index is 0.0114. The van der Waals surface area contributed by atoms with E-state index in [1.54, 1.807) is 61.7 Å². The van der Waals surface area contributed by atoms with Crippen LogP contribution in [0.5, 0.6) is 0 Å². The third kappa shape index (κ3) is 14.8. The summed E-state index contributed by atoms with van der Waals surface area (Å²) >= 11 is 8.01. The molecule has 74 heavy (non-hydrogen) atoms. The second kappa shape index (κ2) is 26.2. The third-order valence-corrected chi connectivity index (χ3v) is 14.5. The van der Waals surface area contributed by atoms with Gasteiger partial charge in [0.25, 0.3) is 5.91 Å². The molecule has 1 aliphatic rings. The number of nitrogens with one attached hydrogen (secondary N) is 3. The molecule has 1 saturated heterocycles. The maximum absolute atomic E-state index is 13.6. The van der Waals surface area contributed by atoms with Gasteiger partial charge in [-0.3, -0.25) is 38.5 Å². The maximum atomic E-state index is 13.6. The van der Waals surface area contributed by atoms with Crippen molar-refractivity contribution in [2.24, 2.45) is 11.8 Å². The number of fused-ring (bicyclic) bond motifs is 1. The zero-order valence-corrected chi connectivity index (χ0v) is 43.4. The minimum Gasteiger partial charge on any atom is -0.480 e. The molecule has 0 radical (unpaired) electrons. The first-order chi connectivity index (χ1) is 35.3. The van der Waals surface area contributed by atoms with Crippen LogP contribution in [0, 0.1) is 11.8 Å². The molecule has 8 N–H and O–H groups in total. The fourth-order valence-corrected chi connectivity index (χ4v) is 9.81. The van der Waals surface area contributed by atoms with Gasteiger partial charge in [0.15, 0.2) is 11.6 Å². The van der Waals surface area contributed by atoms with E-state index >= 15 is 0 Å². The number of tetrazole rings is 1. The van der Waals surface area contributed by atoms with Crippen molar-refractivity contribution in [3.05, 3.63) is 87.4 Å². The zero-order valence-electron chi connectivity index (χ0n) is 41.8. The summed E-state index contributed by atoms with van der Waals surface area (Å²) in [7, 11) is 0. The molecule has 0 spiro atoms. The number of carbonyl (C=O) groups is 8. The highest BCUT2D eigenvalue weighted by Crippen LogP contribution is 2.32. The van der Waals surface area contributed by atoms with E-state index in [-0.39, 0.29) is 108 Å². The number of nitrogens with zero attached hydrogens (tertiary/aromatic N) is 6. The van der Waals surface area contributed by atoms with Crippen LogP contribution in [0.2, 0.25) is 5.02 Å². The van der Waals surface area contributed by atoms with E-state index in [9.17, 15) is 43.5 Å². The van der Waals surface area contributed by atoms with E-state index in [1.807, 2.05) is 19.9 Å². The van der Waals surface area contributed by atoms with Crippen LogP contribution in [0.15, 0.2) is 54.6 Å². The van der Waals surface area contributed by atoms with E-state index in [0.717, 1.165) is 11.1 Å². The number of nitrogens with two attached hydrogens (primary N) is 2. The van der Waals surface area contributed by atoms with Gasteiger partial charge in [-0.25, -0.2) is 9.78 Å². The van der Waals surface area contributed by atoms with Gasteiger partial charge >= 0.3 is 5.97 Å². The van der Waals surface area contributed by atoms with Gasteiger partial charge in [0.1, 0.15) is 17.6 Å². The molecular formula is C52H62ClN11O9S. The Morgan fingerprint density at radius 1 is 0.892 bits per heavy atom. The number of aromatic nitrogens is 6. The summed E-state index contributed by atoms with van der Waals surface area (Å²) in [6.07, 6.45) is 5.85. The number of nitrogen functional groups attached to an aromatic ring is 2. The summed E-state index contributed by atoms with van der Waals surface area (Å²) in [4.78, 5) is 113. The maximum Gasteiger partial charge on any atom is 0.326 e. The number of rotatable bonds is 28. The van der Waals surface area contributed by atoms with Crippen molar-refractivity contribution in [1.82, 2.24) is 46.1 Å². The summed E-state index contributed by atoms with van der Waals surface area (Å²) in [6, 6.07) is 13.2. The van der Waals surface area contributed by atoms with E-state index in [2.05, 4.69) is 41.2 Å². The number of unbranched alkanes of at least 4 members (excludes halogenated alkanes) is 3. The number of benzene rings is 3. The molecular weight excluding hydrogens is 990 g/mol. The molecule has 0 bridgehead atoms. The molecule has 4 atom stereocenters. The lowest BCUT2D eigenvalue weighted by Gasteiger charge is -2.22. The predicted molar refractivity (Wildman–Crippen MR) is 280 cm³/mol. The van der Waals surface area contributed by atoms with Gasteiger partial charge in [-0.2, -0.15) is 22.0 Å². The normalized spacial score (nSPS) is 14.8. The van der Waals surface area contributed by atoms with Crippen LogP contribution in [-0.2, 0) is 48.0 Å². The number of amides is 4. The van der Waals surface area contributed by atoms with E-state index in [4.69, 9.17) is 23.1 Å². The Morgan fingerprint density at radius 3 is 2.30 bits per heavy atom. The van der Waals surface area contributed by atoms with Crippen LogP contribution in [0.3, 0.4) is 0 Å². The Labute approximate surface area is 437 Å². The Hall–Kier alpha value is -7.13. The highest BCUT2D eigenvalue weighted by molar-refractivity contribution is 8.00. The van der Waals surface area contributed by atoms with Crippen molar-refractivity contribution in [2.75, 3.05) is 24.3 Å².